The van der Waals surface area contributed by atoms with Crippen LogP contribution in [0.25, 0.3) is 0 Å². The third-order valence-corrected chi connectivity index (χ3v) is 3.42. The average molecular weight is 251 g/mol. The number of aliphatic hydroxyl groups is 1. The third kappa shape index (κ3) is 3.16. The number of piperidine rings is 1. The molecule has 1 aliphatic rings. The number of aliphatic hydroxyl groups excluding tert-OH is 1. The molecule has 1 fully saturated rings. The molecule has 1 aromatic heterocycles. The van der Waals surface area contributed by atoms with Gasteiger partial charge in [-0.15, -0.1) is 0 Å². The smallest absolute Gasteiger partial charge is 0.145 e. The van der Waals surface area contributed by atoms with Crippen LogP contribution in [0.4, 0.5) is 5.82 Å². The Morgan fingerprint density at radius 3 is 3.00 bits per heavy atom. The van der Waals surface area contributed by atoms with E-state index in [1.807, 2.05) is 6.92 Å². The van der Waals surface area contributed by atoms with Gasteiger partial charge in [0, 0.05) is 18.3 Å². The summed E-state index contributed by atoms with van der Waals surface area (Å²) in [5.74, 6) is 7.11. The second-order valence-corrected chi connectivity index (χ2v) is 5.02. The zero-order valence-corrected chi connectivity index (χ0v) is 10.9. The molecule has 0 bridgehead atoms. The van der Waals surface area contributed by atoms with Gasteiger partial charge in [-0.2, -0.15) is 0 Å². The monoisotopic (exact) mass is 251 g/mol. The fourth-order valence-corrected chi connectivity index (χ4v) is 2.23. The third-order valence-electron chi connectivity index (χ3n) is 3.42. The number of nitrogens with two attached hydrogens (primary N) is 1. The van der Waals surface area contributed by atoms with Crippen molar-refractivity contribution < 1.29 is 5.11 Å². The molecular weight excluding hydrogens is 230 g/mol. The standard InChI is InChI=1S/C12H21N5O/c1-8-3-4-17(6-10(8)18)7-12-14-9(2)5-11(15-12)16-13/h5,8,10,18H,3-4,6-7,13H2,1-2H3,(H,14,15,16). The number of aromatic nitrogens is 2. The van der Waals surface area contributed by atoms with Crippen LogP contribution in [0.15, 0.2) is 6.07 Å². The van der Waals surface area contributed by atoms with Crippen LogP contribution >= 0.6 is 0 Å². The fraction of sp³-hybridized carbons (Fsp3) is 0.667. The van der Waals surface area contributed by atoms with Crippen molar-refractivity contribution in [2.24, 2.45) is 11.8 Å². The van der Waals surface area contributed by atoms with Gasteiger partial charge in [-0.1, -0.05) is 6.92 Å². The van der Waals surface area contributed by atoms with Crippen LogP contribution < -0.4 is 11.3 Å². The van der Waals surface area contributed by atoms with Crippen molar-refractivity contribution in [3.8, 4) is 0 Å². The number of nitrogens with zero attached hydrogens (tertiary/aromatic N) is 3. The highest BCUT2D eigenvalue weighted by Crippen LogP contribution is 2.18. The van der Waals surface area contributed by atoms with E-state index in [9.17, 15) is 5.11 Å². The lowest BCUT2D eigenvalue weighted by atomic mass is 9.96. The fourth-order valence-electron chi connectivity index (χ4n) is 2.23. The Kier molecular flexibility index (Phi) is 4.11. The van der Waals surface area contributed by atoms with Crippen LogP contribution in [-0.4, -0.2) is 39.2 Å². The predicted molar refractivity (Wildman–Crippen MR) is 69.6 cm³/mol. The molecule has 1 aliphatic heterocycles. The molecule has 6 nitrogen and oxygen atoms in total. The van der Waals surface area contributed by atoms with Crippen LogP contribution in [0.2, 0.25) is 0 Å². The molecule has 2 heterocycles. The van der Waals surface area contributed by atoms with Crippen LogP contribution in [0.1, 0.15) is 24.9 Å². The number of hydrogen-bond donors (Lipinski definition) is 3. The molecule has 0 saturated carbocycles. The highest BCUT2D eigenvalue weighted by atomic mass is 16.3. The van der Waals surface area contributed by atoms with E-state index < -0.39 is 0 Å². The summed E-state index contributed by atoms with van der Waals surface area (Å²) in [6, 6.07) is 1.80. The Morgan fingerprint density at radius 1 is 1.56 bits per heavy atom. The molecule has 2 atom stereocenters. The van der Waals surface area contributed by atoms with Gasteiger partial charge in [0.15, 0.2) is 0 Å². The largest absolute Gasteiger partial charge is 0.392 e. The lowest BCUT2D eigenvalue weighted by Crippen LogP contribution is -2.42. The number of aryl methyl sites for hydroxylation is 1. The summed E-state index contributed by atoms with van der Waals surface area (Å²) in [5.41, 5.74) is 3.43. The van der Waals surface area contributed by atoms with Crippen molar-refractivity contribution in [1.29, 1.82) is 0 Å². The Hall–Kier alpha value is -1.24. The van der Waals surface area contributed by atoms with Gasteiger partial charge >= 0.3 is 0 Å². The van der Waals surface area contributed by atoms with Crippen LogP contribution in [0.3, 0.4) is 0 Å². The Balaban J connectivity index is 2.03. The zero-order valence-electron chi connectivity index (χ0n) is 10.9. The van der Waals surface area contributed by atoms with E-state index in [0.29, 0.717) is 24.8 Å². The van der Waals surface area contributed by atoms with Crippen molar-refractivity contribution in [2.45, 2.75) is 32.9 Å². The summed E-state index contributed by atoms with van der Waals surface area (Å²) in [5, 5.41) is 9.87. The van der Waals surface area contributed by atoms with E-state index in [1.54, 1.807) is 6.07 Å². The minimum atomic E-state index is -0.254. The summed E-state index contributed by atoms with van der Waals surface area (Å²) < 4.78 is 0. The molecule has 0 aromatic carbocycles. The minimum Gasteiger partial charge on any atom is -0.392 e. The lowest BCUT2D eigenvalue weighted by molar-refractivity contribution is 0.0249. The SMILES string of the molecule is Cc1cc(NN)nc(CN2CCC(C)C(O)C2)n1. The summed E-state index contributed by atoms with van der Waals surface area (Å²) in [7, 11) is 0. The highest BCUT2D eigenvalue weighted by Gasteiger charge is 2.24. The van der Waals surface area contributed by atoms with Crippen LogP contribution in [-0.2, 0) is 6.54 Å². The van der Waals surface area contributed by atoms with Gasteiger partial charge in [0.1, 0.15) is 11.6 Å². The van der Waals surface area contributed by atoms with Gasteiger partial charge in [-0.05, 0) is 25.8 Å². The van der Waals surface area contributed by atoms with Gasteiger partial charge in [0.05, 0.1) is 12.6 Å². The number of hydrazine groups is 1. The van der Waals surface area contributed by atoms with Crippen LogP contribution in [0, 0.1) is 12.8 Å². The van der Waals surface area contributed by atoms with Gasteiger partial charge < -0.3 is 10.5 Å². The molecule has 1 aromatic rings. The van der Waals surface area contributed by atoms with Crippen molar-refractivity contribution in [3.63, 3.8) is 0 Å². The molecule has 2 unspecified atom stereocenters. The number of anilines is 1. The first-order valence-corrected chi connectivity index (χ1v) is 6.30. The Bertz CT molecular complexity index is 411. The van der Waals surface area contributed by atoms with E-state index in [1.165, 1.54) is 0 Å². The van der Waals surface area contributed by atoms with Crippen molar-refractivity contribution in [3.05, 3.63) is 17.6 Å². The second-order valence-electron chi connectivity index (χ2n) is 5.02. The van der Waals surface area contributed by atoms with E-state index in [-0.39, 0.29) is 6.10 Å². The van der Waals surface area contributed by atoms with Crippen molar-refractivity contribution >= 4 is 5.82 Å². The van der Waals surface area contributed by atoms with E-state index in [4.69, 9.17) is 5.84 Å². The topological polar surface area (TPSA) is 87.3 Å². The number of rotatable bonds is 3. The normalized spacial score (nSPS) is 25.1. The molecule has 0 radical (unpaired) electrons. The minimum absolute atomic E-state index is 0.254. The maximum absolute atomic E-state index is 9.87. The highest BCUT2D eigenvalue weighted by molar-refractivity contribution is 5.33. The molecule has 0 spiro atoms. The Labute approximate surface area is 107 Å². The first-order valence-electron chi connectivity index (χ1n) is 6.30. The van der Waals surface area contributed by atoms with Gasteiger partial charge in [0.25, 0.3) is 0 Å². The number of hydrogen-bond acceptors (Lipinski definition) is 6. The second kappa shape index (κ2) is 5.60. The number of likely N-dealkylation sites (tertiary alicyclic amines) is 1. The quantitative estimate of drug-likeness (QED) is 0.528. The molecule has 100 valence electrons. The molecule has 18 heavy (non-hydrogen) atoms. The summed E-state index contributed by atoms with van der Waals surface area (Å²) in [6.45, 7) is 6.31. The predicted octanol–water partition coefficient (Wildman–Crippen LogP) is 0.273. The lowest BCUT2D eigenvalue weighted by Gasteiger charge is -2.33. The molecule has 0 amide bonds. The average Bonchev–Trinajstić information content (AvgIpc) is 2.33. The molecule has 0 aliphatic carbocycles. The maximum Gasteiger partial charge on any atom is 0.145 e. The maximum atomic E-state index is 9.87. The molecule has 6 heteroatoms. The molecule has 4 N–H and O–H groups in total. The Morgan fingerprint density at radius 2 is 2.33 bits per heavy atom. The van der Waals surface area contributed by atoms with Gasteiger partial charge in [0.2, 0.25) is 0 Å². The summed E-state index contributed by atoms with van der Waals surface area (Å²) in [6.07, 6.45) is 0.755. The van der Waals surface area contributed by atoms with E-state index in [2.05, 4.69) is 27.2 Å². The first-order chi connectivity index (χ1) is 8.58. The van der Waals surface area contributed by atoms with Crippen molar-refractivity contribution in [2.75, 3.05) is 18.5 Å². The first kappa shape index (κ1) is 13.2. The number of β-amino-alcohol motifs (C(OH)–C–C–N with tert-alkyl or cyclic N) is 1. The number of nitrogens with one attached hydrogen (secondary N) is 1. The summed E-state index contributed by atoms with van der Waals surface area (Å²) in [4.78, 5) is 10.9. The number of nitrogen functional groups attached to an aromatic ring is 1. The van der Waals surface area contributed by atoms with Crippen molar-refractivity contribution in [1.82, 2.24) is 14.9 Å². The van der Waals surface area contributed by atoms with E-state index >= 15 is 0 Å². The van der Waals surface area contributed by atoms with Crippen LogP contribution in [0.5, 0.6) is 0 Å². The summed E-state index contributed by atoms with van der Waals surface area (Å²) >= 11 is 0. The van der Waals surface area contributed by atoms with Gasteiger partial charge in [-0.25, -0.2) is 15.8 Å². The van der Waals surface area contributed by atoms with E-state index in [0.717, 1.165) is 24.5 Å². The molecule has 1 saturated heterocycles. The van der Waals surface area contributed by atoms with Gasteiger partial charge in [-0.3, -0.25) is 4.90 Å². The molecular formula is C12H21N5O. The molecule has 2 rings (SSSR count). The zero-order chi connectivity index (χ0) is 13.1.